The highest BCUT2D eigenvalue weighted by atomic mass is 19.2. The van der Waals surface area contributed by atoms with E-state index in [1.165, 1.54) is 17.3 Å². The second-order valence-electron chi connectivity index (χ2n) is 9.96. The summed E-state index contributed by atoms with van der Waals surface area (Å²) in [5.41, 5.74) is 9.07. The van der Waals surface area contributed by atoms with Gasteiger partial charge in [0.05, 0.1) is 17.4 Å². The van der Waals surface area contributed by atoms with E-state index < -0.39 is 23.1 Å². The molecule has 1 amide bonds. The molecule has 1 fully saturated rings. The fourth-order valence-corrected chi connectivity index (χ4v) is 4.60. The number of halogens is 2. The molecule has 2 N–H and O–H groups in total. The first-order valence-electron chi connectivity index (χ1n) is 11.9. The molecule has 2 aromatic heterocycles. The van der Waals surface area contributed by atoms with Gasteiger partial charge in [-0.05, 0) is 59.1 Å². The second kappa shape index (κ2) is 8.77. The van der Waals surface area contributed by atoms with Crippen LogP contribution < -0.4 is 5.73 Å². The van der Waals surface area contributed by atoms with Crippen LogP contribution in [0.2, 0.25) is 0 Å². The second-order valence-corrected chi connectivity index (χ2v) is 9.96. The first kappa shape index (κ1) is 24.1. The lowest BCUT2D eigenvalue weighted by molar-refractivity contribution is 0.0456. The van der Waals surface area contributed by atoms with Crippen molar-refractivity contribution in [2.45, 2.75) is 58.5 Å². The molecule has 4 heterocycles. The van der Waals surface area contributed by atoms with Gasteiger partial charge < -0.3 is 15.2 Å². The summed E-state index contributed by atoms with van der Waals surface area (Å²) in [6.07, 6.45) is 7.21. The quantitative estimate of drug-likeness (QED) is 0.486. The number of benzene rings is 1. The lowest BCUT2D eigenvalue weighted by Crippen LogP contribution is -2.45. The van der Waals surface area contributed by atoms with Crippen LogP contribution in [-0.2, 0) is 5.54 Å². The molecule has 5 rings (SSSR count). The van der Waals surface area contributed by atoms with E-state index in [-0.39, 0.29) is 29.0 Å². The molecule has 0 radical (unpaired) electrons. The summed E-state index contributed by atoms with van der Waals surface area (Å²) in [7, 11) is 0. The molecular formula is C26H28F2N6O2. The maximum absolute atomic E-state index is 14.7. The van der Waals surface area contributed by atoms with Crippen LogP contribution in [0.3, 0.4) is 0 Å². The van der Waals surface area contributed by atoms with Gasteiger partial charge in [0.2, 0.25) is 11.7 Å². The predicted molar refractivity (Wildman–Crippen MR) is 129 cm³/mol. The minimum Gasteiger partial charge on any atom is -0.337 e. The molecule has 0 spiro atoms. The number of hydrogen-bond acceptors (Lipinski definition) is 6. The first-order valence-corrected chi connectivity index (χ1v) is 11.9. The van der Waals surface area contributed by atoms with E-state index >= 15 is 0 Å². The summed E-state index contributed by atoms with van der Waals surface area (Å²) in [5, 5.41) is 4.19. The van der Waals surface area contributed by atoms with Gasteiger partial charge in [0.1, 0.15) is 23.1 Å². The topological polar surface area (TPSA) is 103 Å². The fraction of sp³-hybridized carbons (Fsp3) is 0.385. The van der Waals surface area contributed by atoms with Gasteiger partial charge in [-0.3, -0.25) is 9.36 Å². The summed E-state index contributed by atoms with van der Waals surface area (Å²) in [4.78, 5) is 23.7. The van der Waals surface area contributed by atoms with E-state index in [1.807, 2.05) is 39.8 Å². The van der Waals surface area contributed by atoms with E-state index in [0.717, 1.165) is 17.2 Å². The van der Waals surface area contributed by atoms with Gasteiger partial charge in [-0.2, -0.15) is 4.98 Å². The molecule has 188 valence electrons. The number of rotatable bonds is 6. The molecule has 1 atom stereocenters. The third-order valence-corrected chi connectivity index (χ3v) is 6.76. The Kier molecular flexibility index (Phi) is 5.86. The molecule has 0 aliphatic carbocycles. The minimum atomic E-state index is -1.17. The van der Waals surface area contributed by atoms with Crippen molar-refractivity contribution in [2.24, 2.45) is 5.73 Å². The highest BCUT2D eigenvalue weighted by Gasteiger charge is 2.44. The Balaban J connectivity index is 1.61. The lowest BCUT2D eigenvalue weighted by Gasteiger charge is -2.39. The monoisotopic (exact) mass is 494 g/mol. The number of aromatic nitrogens is 4. The van der Waals surface area contributed by atoms with Crippen molar-refractivity contribution in [3.8, 4) is 17.2 Å². The average Bonchev–Trinajstić information content (AvgIpc) is 3.44. The van der Waals surface area contributed by atoms with Gasteiger partial charge in [-0.1, -0.05) is 28.5 Å². The maximum atomic E-state index is 14.7. The SMILES string of the molecule is CC(C)=CCC(N)(CC=C(C)C)c1nc(-c2ncn3c2[C@@H]2CCN2C(=O)c2c-3ccc(F)c2F)no1. The van der Waals surface area contributed by atoms with Crippen LogP contribution in [0.4, 0.5) is 8.78 Å². The number of imidazole rings is 1. The number of carbonyl (C=O) groups is 1. The van der Waals surface area contributed by atoms with E-state index in [1.54, 1.807) is 4.57 Å². The van der Waals surface area contributed by atoms with Crippen molar-refractivity contribution in [3.05, 3.63) is 70.5 Å². The van der Waals surface area contributed by atoms with Crippen LogP contribution in [0.1, 0.15) is 74.9 Å². The summed E-state index contributed by atoms with van der Waals surface area (Å²) >= 11 is 0. The number of fused-ring (bicyclic) bond motifs is 5. The third kappa shape index (κ3) is 3.85. The van der Waals surface area contributed by atoms with E-state index in [0.29, 0.717) is 37.2 Å². The Labute approximate surface area is 207 Å². The van der Waals surface area contributed by atoms with Gasteiger partial charge in [0.15, 0.2) is 11.6 Å². The zero-order valence-corrected chi connectivity index (χ0v) is 20.7. The number of nitrogens with two attached hydrogens (primary N) is 1. The summed E-state index contributed by atoms with van der Waals surface area (Å²) in [5.74, 6) is -2.28. The Morgan fingerprint density at radius 1 is 1.19 bits per heavy atom. The van der Waals surface area contributed by atoms with Crippen molar-refractivity contribution in [1.29, 1.82) is 0 Å². The lowest BCUT2D eigenvalue weighted by atomic mass is 9.90. The average molecular weight is 495 g/mol. The van der Waals surface area contributed by atoms with Gasteiger partial charge in [-0.15, -0.1) is 0 Å². The molecule has 36 heavy (non-hydrogen) atoms. The van der Waals surface area contributed by atoms with Gasteiger partial charge in [0, 0.05) is 6.54 Å². The predicted octanol–water partition coefficient (Wildman–Crippen LogP) is 4.97. The molecule has 3 aromatic rings. The van der Waals surface area contributed by atoms with Gasteiger partial charge >= 0.3 is 0 Å². The van der Waals surface area contributed by atoms with Crippen LogP contribution in [0.5, 0.6) is 0 Å². The number of nitrogens with zero attached hydrogens (tertiary/aromatic N) is 5. The van der Waals surface area contributed by atoms with E-state index in [4.69, 9.17) is 10.3 Å². The highest BCUT2D eigenvalue weighted by Crippen LogP contribution is 2.44. The molecule has 10 heteroatoms. The molecule has 1 saturated heterocycles. The van der Waals surface area contributed by atoms with Gasteiger partial charge in [0.25, 0.3) is 5.91 Å². The smallest absolute Gasteiger partial charge is 0.259 e. The number of allylic oxidation sites excluding steroid dienone is 2. The Morgan fingerprint density at radius 3 is 2.50 bits per heavy atom. The Bertz CT molecular complexity index is 1390. The Hall–Kier alpha value is -3.66. The van der Waals surface area contributed by atoms with Crippen LogP contribution in [0.15, 0.2) is 46.3 Å². The summed E-state index contributed by atoms with van der Waals surface area (Å²) in [6.45, 7) is 8.43. The van der Waals surface area contributed by atoms with Gasteiger partial charge in [-0.25, -0.2) is 13.8 Å². The number of amides is 1. The summed E-state index contributed by atoms with van der Waals surface area (Å²) < 4.78 is 36.0. The van der Waals surface area contributed by atoms with Crippen molar-refractivity contribution < 1.29 is 18.1 Å². The molecule has 1 aromatic carbocycles. The molecular weight excluding hydrogens is 466 g/mol. The van der Waals surface area contributed by atoms with E-state index in [9.17, 15) is 13.6 Å². The largest absolute Gasteiger partial charge is 0.337 e. The van der Waals surface area contributed by atoms with Crippen molar-refractivity contribution in [2.75, 3.05) is 6.54 Å². The van der Waals surface area contributed by atoms with E-state index in [2.05, 4.69) is 15.1 Å². The zero-order valence-electron chi connectivity index (χ0n) is 20.7. The molecule has 2 aliphatic heterocycles. The fourth-order valence-electron chi connectivity index (χ4n) is 4.60. The molecule has 0 saturated carbocycles. The highest BCUT2D eigenvalue weighted by molar-refractivity contribution is 5.99. The molecule has 2 aliphatic rings. The summed E-state index contributed by atoms with van der Waals surface area (Å²) in [6, 6.07) is 2.03. The maximum Gasteiger partial charge on any atom is 0.259 e. The minimum absolute atomic E-state index is 0.228. The number of carbonyl (C=O) groups excluding carboxylic acids is 1. The standard InChI is InChI=1S/C26H28F2N6O2/c1-14(2)7-10-26(29,11-8-15(3)4)25-31-23(32-36-25)21-22-18-9-12-33(18)24(35)19-17(34(22)13-30-21)6-5-16(27)20(19)28/h5-8,13,18H,9-12,29H2,1-4H3/t18-/m0/s1. The van der Waals surface area contributed by atoms with Crippen LogP contribution in [0.25, 0.3) is 17.2 Å². The normalized spacial score (nSPS) is 16.5. The van der Waals surface area contributed by atoms with Crippen molar-refractivity contribution in [1.82, 2.24) is 24.6 Å². The third-order valence-electron chi connectivity index (χ3n) is 6.76. The van der Waals surface area contributed by atoms with Crippen LogP contribution in [0, 0.1) is 11.6 Å². The van der Waals surface area contributed by atoms with Crippen molar-refractivity contribution >= 4 is 5.91 Å². The Morgan fingerprint density at radius 2 is 1.89 bits per heavy atom. The molecule has 0 unspecified atom stereocenters. The molecule has 0 bridgehead atoms. The van der Waals surface area contributed by atoms with Crippen LogP contribution >= 0.6 is 0 Å². The van der Waals surface area contributed by atoms with Crippen LogP contribution in [-0.4, -0.2) is 37.0 Å². The number of hydrogen-bond donors (Lipinski definition) is 1. The van der Waals surface area contributed by atoms with Crippen molar-refractivity contribution in [3.63, 3.8) is 0 Å². The molecule has 8 nitrogen and oxygen atoms in total. The zero-order chi connectivity index (χ0) is 25.8. The first-order chi connectivity index (χ1) is 17.1.